The molecule has 8 nitrogen and oxygen atoms in total. The Morgan fingerprint density at radius 3 is 2.53 bits per heavy atom. The molecule has 0 saturated heterocycles. The Hall–Kier alpha value is -3.85. The van der Waals surface area contributed by atoms with Gasteiger partial charge in [-0.1, -0.05) is 12.1 Å². The van der Waals surface area contributed by atoms with E-state index in [0.29, 0.717) is 39.7 Å². The molecule has 0 atom stereocenters. The fourth-order valence-corrected chi connectivity index (χ4v) is 4.24. The molecule has 1 amide bonds. The molecular formula is C23H21N3O5S. The number of nitrogens with zero attached hydrogens (tertiary/aromatic N) is 2. The number of nitrogens with one attached hydrogen (secondary N) is 1. The van der Waals surface area contributed by atoms with Gasteiger partial charge >= 0.3 is 5.69 Å². The standard InChI is InChI=1S/C23H21N3O5S/c1-3-31-16-10-8-15(9-11-16)24-20(27)14-25-18-12-13-32-21(18)22(28)26(23(25)29)17-6-4-5-7-19(17)30-2/h4-13H,3,14H2,1-2H3,(H,24,27). The molecule has 2 heterocycles. The molecule has 164 valence electrons. The SMILES string of the molecule is CCOc1ccc(NC(=O)Cn2c(=O)n(-c3ccccc3OC)c(=O)c3sccc32)cc1. The Balaban J connectivity index is 1.73. The Morgan fingerprint density at radius 2 is 1.81 bits per heavy atom. The van der Waals surface area contributed by atoms with Crippen LogP contribution < -0.4 is 26.0 Å². The molecular weight excluding hydrogens is 430 g/mol. The number of fused-ring (bicyclic) bond motifs is 1. The van der Waals surface area contributed by atoms with Crippen LogP contribution in [-0.2, 0) is 11.3 Å². The summed E-state index contributed by atoms with van der Waals surface area (Å²) in [5, 5.41) is 4.50. The fourth-order valence-electron chi connectivity index (χ4n) is 3.41. The minimum absolute atomic E-state index is 0.255. The quantitative estimate of drug-likeness (QED) is 0.466. The number of amides is 1. The number of hydrogen-bond acceptors (Lipinski definition) is 6. The first-order valence-corrected chi connectivity index (χ1v) is 10.8. The van der Waals surface area contributed by atoms with E-state index in [-0.39, 0.29) is 6.54 Å². The predicted octanol–water partition coefficient (Wildman–Crippen LogP) is 3.26. The number of rotatable bonds is 7. The molecule has 0 aliphatic rings. The maximum atomic E-state index is 13.4. The number of ether oxygens (including phenoxy) is 2. The van der Waals surface area contributed by atoms with Gasteiger partial charge in [-0.15, -0.1) is 11.3 Å². The minimum Gasteiger partial charge on any atom is -0.495 e. The lowest BCUT2D eigenvalue weighted by molar-refractivity contribution is -0.116. The van der Waals surface area contributed by atoms with Crippen LogP contribution in [0.25, 0.3) is 15.9 Å². The lowest BCUT2D eigenvalue weighted by atomic mass is 10.3. The second kappa shape index (κ2) is 9.11. The number of anilines is 1. The van der Waals surface area contributed by atoms with Gasteiger partial charge in [0.05, 0.1) is 24.9 Å². The zero-order chi connectivity index (χ0) is 22.7. The Morgan fingerprint density at radius 1 is 1.06 bits per heavy atom. The number of thiophene rings is 1. The van der Waals surface area contributed by atoms with Gasteiger partial charge in [-0.3, -0.25) is 14.2 Å². The van der Waals surface area contributed by atoms with E-state index in [2.05, 4.69) is 5.32 Å². The first-order valence-electron chi connectivity index (χ1n) is 9.92. The Bertz CT molecular complexity index is 1390. The van der Waals surface area contributed by atoms with Gasteiger partial charge in [0.2, 0.25) is 5.91 Å². The van der Waals surface area contributed by atoms with Crippen molar-refractivity contribution < 1.29 is 14.3 Å². The summed E-state index contributed by atoms with van der Waals surface area (Å²) in [6.07, 6.45) is 0. The average Bonchev–Trinajstić information content (AvgIpc) is 3.29. The Labute approximate surface area is 187 Å². The highest BCUT2D eigenvalue weighted by molar-refractivity contribution is 7.17. The zero-order valence-corrected chi connectivity index (χ0v) is 18.3. The largest absolute Gasteiger partial charge is 0.495 e. The molecule has 32 heavy (non-hydrogen) atoms. The third-order valence-electron chi connectivity index (χ3n) is 4.83. The number of hydrogen-bond donors (Lipinski definition) is 1. The van der Waals surface area contributed by atoms with Crippen LogP contribution in [0.5, 0.6) is 11.5 Å². The van der Waals surface area contributed by atoms with E-state index in [1.165, 1.54) is 23.0 Å². The van der Waals surface area contributed by atoms with Crippen LogP contribution in [-0.4, -0.2) is 28.8 Å². The van der Waals surface area contributed by atoms with Crippen molar-refractivity contribution in [3.8, 4) is 17.2 Å². The van der Waals surface area contributed by atoms with Crippen LogP contribution in [0.4, 0.5) is 5.69 Å². The van der Waals surface area contributed by atoms with Gasteiger partial charge < -0.3 is 14.8 Å². The maximum absolute atomic E-state index is 13.4. The summed E-state index contributed by atoms with van der Waals surface area (Å²) in [6, 6.07) is 15.4. The molecule has 1 N–H and O–H groups in total. The number of carbonyl (C=O) groups is 1. The molecule has 0 radical (unpaired) electrons. The van der Waals surface area contributed by atoms with E-state index in [9.17, 15) is 14.4 Å². The summed E-state index contributed by atoms with van der Waals surface area (Å²) >= 11 is 1.22. The normalized spacial score (nSPS) is 10.8. The number of aromatic nitrogens is 2. The molecule has 0 aliphatic carbocycles. The molecule has 0 spiro atoms. The summed E-state index contributed by atoms with van der Waals surface area (Å²) in [6.45, 7) is 2.19. The van der Waals surface area contributed by atoms with Crippen molar-refractivity contribution in [1.82, 2.24) is 9.13 Å². The van der Waals surface area contributed by atoms with Gasteiger partial charge in [0, 0.05) is 5.69 Å². The van der Waals surface area contributed by atoms with E-state index < -0.39 is 17.2 Å². The van der Waals surface area contributed by atoms with Crippen LogP contribution in [0.2, 0.25) is 0 Å². The van der Waals surface area contributed by atoms with Crippen molar-refractivity contribution in [2.24, 2.45) is 0 Å². The average molecular weight is 452 g/mol. The summed E-state index contributed by atoms with van der Waals surface area (Å²) in [7, 11) is 1.47. The molecule has 0 fully saturated rings. The van der Waals surface area contributed by atoms with Crippen LogP contribution in [0.3, 0.4) is 0 Å². The smallest absolute Gasteiger partial charge is 0.336 e. The zero-order valence-electron chi connectivity index (χ0n) is 17.5. The van der Waals surface area contributed by atoms with Crippen molar-refractivity contribution in [3.05, 3.63) is 80.8 Å². The summed E-state index contributed by atoms with van der Waals surface area (Å²) in [4.78, 5) is 39.2. The predicted molar refractivity (Wildman–Crippen MR) is 124 cm³/mol. The number of carbonyl (C=O) groups excluding carboxylic acids is 1. The fraction of sp³-hybridized carbons (Fsp3) is 0.174. The van der Waals surface area contributed by atoms with Gasteiger partial charge in [0.25, 0.3) is 5.56 Å². The monoisotopic (exact) mass is 451 g/mol. The third kappa shape index (κ3) is 4.02. The molecule has 2 aromatic carbocycles. The number of methoxy groups -OCH3 is 1. The molecule has 4 aromatic rings. The number of benzene rings is 2. The summed E-state index contributed by atoms with van der Waals surface area (Å²) in [5.41, 5.74) is 0.241. The molecule has 0 bridgehead atoms. The van der Waals surface area contributed by atoms with Crippen molar-refractivity contribution in [1.29, 1.82) is 0 Å². The van der Waals surface area contributed by atoms with Gasteiger partial charge in [-0.2, -0.15) is 0 Å². The highest BCUT2D eigenvalue weighted by atomic mass is 32.1. The van der Waals surface area contributed by atoms with Gasteiger partial charge in [-0.05, 0) is 54.8 Å². The van der Waals surface area contributed by atoms with E-state index in [1.807, 2.05) is 6.92 Å². The number of para-hydroxylation sites is 2. The van der Waals surface area contributed by atoms with Crippen LogP contribution >= 0.6 is 11.3 Å². The van der Waals surface area contributed by atoms with E-state index in [1.54, 1.807) is 60.0 Å². The molecule has 0 saturated carbocycles. The summed E-state index contributed by atoms with van der Waals surface area (Å²) < 4.78 is 13.5. The maximum Gasteiger partial charge on any atom is 0.336 e. The van der Waals surface area contributed by atoms with Crippen molar-refractivity contribution in [2.45, 2.75) is 13.5 Å². The van der Waals surface area contributed by atoms with Gasteiger partial charge in [0.1, 0.15) is 22.7 Å². The first-order chi connectivity index (χ1) is 15.5. The minimum atomic E-state index is -0.618. The second-order valence-corrected chi connectivity index (χ2v) is 7.74. The summed E-state index contributed by atoms with van der Waals surface area (Å²) in [5.74, 6) is 0.688. The van der Waals surface area contributed by atoms with Crippen molar-refractivity contribution in [2.75, 3.05) is 19.0 Å². The lowest BCUT2D eigenvalue weighted by Crippen LogP contribution is -2.40. The van der Waals surface area contributed by atoms with E-state index >= 15 is 0 Å². The molecule has 4 rings (SSSR count). The first kappa shape index (κ1) is 21.4. The third-order valence-corrected chi connectivity index (χ3v) is 5.72. The Kier molecular flexibility index (Phi) is 6.09. The van der Waals surface area contributed by atoms with Crippen molar-refractivity contribution in [3.63, 3.8) is 0 Å². The molecule has 0 aliphatic heterocycles. The van der Waals surface area contributed by atoms with Crippen LogP contribution in [0, 0.1) is 0 Å². The highest BCUT2D eigenvalue weighted by Crippen LogP contribution is 2.22. The second-order valence-electron chi connectivity index (χ2n) is 6.82. The van der Waals surface area contributed by atoms with Crippen LogP contribution in [0.15, 0.2) is 69.6 Å². The molecule has 0 unspecified atom stereocenters. The molecule has 2 aromatic heterocycles. The topological polar surface area (TPSA) is 91.6 Å². The van der Waals surface area contributed by atoms with Gasteiger partial charge in [0.15, 0.2) is 0 Å². The molecule has 9 heteroatoms. The highest BCUT2D eigenvalue weighted by Gasteiger charge is 2.19. The van der Waals surface area contributed by atoms with Crippen molar-refractivity contribution >= 4 is 33.1 Å². The van der Waals surface area contributed by atoms with E-state index in [4.69, 9.17) is 9.47 Å². The lowest BCUT2D eigenvalue weighted by Gasteiger charge is -2.14. The van der Waals surface area contributed by atoms with Gasteiger partial charge in [-0.25, -0.2) is 9.36 Å². The van der Waals surface area contributed by atoms with Crippen LogP contribution in [0.1, 0.15) is 6.92 Å². The van der Waals surface area contributed by atoms with E-state index in [0.717, 1.165) is 4.57 Å².